The molecule has 2 aromatic heterocycles. The first-order chi connectivity index (χ1) is 14.6. The molecule has 2 N–H and O–H groups in total. The van der Waals surface area contributed by atoms with Crippen LogP contribution in [0.3, 0.4) is 0 Å². The predicted molar refractivity (Wildman–Crippen MR) is 114 cm³/mol. The smallest absolute Gasteiger partial charge is 0.155 e. The Morgan fingerprint density at radius 1 is 1.17 bits per heavy atom. The summed E-state index contributed by atoms with van der Waals surface area (Å²) in [4.78, 5) is 2.05. The molecule has 7 nitrogen and oxygen atoms in total. The summed E-state index contributed by atoms with van der Waals surface area (Å²) < 4.78 is 14.7. The van der Waals surface area contributed by atoms with Gasteiger partial charge in [0.2, 0.25) is 0 Å². The third-order valence-corrected chi connectivity index (χ3v) is 6.18. The number of aromatic hydroxyl groups is 1. The van der Waals surface area contributed by atoms with Gasteiger partial charge in [-0.05, 0) is 49.9 Å². The molecule has 0 bridgehead atoms. The van der Waals surface area contributed by atoms with Gasteiger partial charge in [-0.1, -0.05) is 11.3 Å². The minimum Gasteiger partial charge on any atom is -0.507 e. The van der Waals surface area contributed by atoms with Crippen molar-refractivity contribution in [3.05, 3.63) is 47.0 Å². The average Bonchev–Trinajstić information content (AvgIpc) is 3.28. The van der Waals surface area contributed by atoms with Crippen LogP contribution in [-0.2, 0) is 0 Å². The van der Waals surface area contributed by atoms with E-state index in [1.807, 2.05) is 11.0 Å². The van der Waals surface area contributed by atoms with Gasteiger partial charge in [-0.2, -0.15) is 0 Å². The average molecular weight is 425 g/mol. The SMILES string of the molecule is Cc1nnc(-c2cc(O)c(-c3ccc(N4C=C(NCC5CC5)CC4)nn3)cc2F)s1. The second-order valence-corrected chi connectivity index (χ2v) is 8.86. The van der Waals surface area contributed by atoms with Crippen molar-refractivity contribution < 1.29 is 9.50 Å². The van der Waals surface area contributed by atoms with Gasteiger partial charge in [-0.25, -0.2) is 4.39 Å². The fourth-order valence-electron chi connectivity index (χ4n) is 3.43. The lowest BCUT2D eigenvalue weighted by molar-refractivity contribution is 0.475. The number of rotatable bonds is 6. The topological polar surface area (TPSA) is 87.1 Å². The van der Waals surface area contributed by atoms with Crippen molar-refractivity contribution in [3.8, 4) is 27.6 Å². The second-order valence-electron chi connectivity index (χ2n) is 7.67. The monoisotopic (exact) mass is 424 g/mol. The molecule has 30 heavy (non-hydrogen) atoms. The third-order valence-electron chi connectivity index (χ3n) is 5.31. The number of nitrogens with one attached hydrogen (secondary N) is 1. The van der Waals surface area contributed by atoms with E-state index < -0.39 is 5.82 Å². The van der Waals surface area contributed by atoms with Crippen LogP contribution in [0.4, 0.5) is 10.2 Å². The molecule has 0 amide bonds. The zero-order valence-electron chi connectivity index (χ0n) is 16.5. The molecule has 154 valence electrons. The van der Waals surface area contributed by atoms with Crippen LogP contribution < -0.4 is 10.2 Å². The van der Waals surface area contributed by atoms with Gasteiger partial charge in [-0.15, -0.1) is 20.4 Å². The first kappa shape index (κ1) is 18.9. The van der Waals surface area contributed by atoms with Crippen molar-refractivity contribution in [1.82, 2.24) is 25.7 Å². The minimum absolute atomic E-state index is 0.0751. The summed E-state index contributed by atoms with van der Waals surface area (Å²) in [6.45, 7) is 3.69. The Bertz CT molecular complexity index is 1110. The van der Waals surface area contributed by atoms with E-state index in [-0.39, 0.29) is 11.3 Å². The Labute approximate surface area is 177 Å². The van der Waals surface area contributed by atoms with Crippen LogP contribution in [0.25, 0.3) is 21.8 Å². The summed E-state index contributed by atoms with van der Waals surface area (Å²) in [6.07, 6.45) is 5.67. The van der Waals surface area contributed by atoms with E-state index in [9.17, 15) is 9.50 Å². The van der Waals surface area contributed by atoms with Gasteiger partial charge in [0.25, 0.3) is 0 Å². The summed E-state index contributed by atoms with van der Waals surface area (Å²) in [7, 11) is 0. The first-order valence-electron chi connectivity index (χ1n) is 9.95. The lowest BCUT2D eigenvalue weighted by Gasteiger charge is -2.13. The zero-order chi connectivity index (χ0) is 20.7. The van der Waals surface area contributed by atoms with Crippen molar-refractivity contribution in [2.45, 2.75) is 26.2 Å². The molecule has 3 heterocycles. The molecule has 0 saturated heterocycles. The van der Waals surface area contributed by atoms with E-state index >= 15 is 0 Å². The molecule has 5 rings (SSSR count). The number of phenols is 1. The number of benzene rings is 1. The summed E-state index contributed by atoms with van der Waals surface area (Å²) in [5.41, 5.74) is 2.14. The van der Waals surface area contributed by atoms with Crippen LogP contribution in [0.5, 0.6) is 5.75 Å². The Hall–Kier alpha value is -3.07. The summed E-state index contributed by atoms with van der Waals surface area (Å²) >= 11 is 1.27. The molecule has 1 saturated carbocycles. The molecule has 0 radical (unpaired) electrons. The number of aromatic nitrogens is 4. The summed E-state index contributed by atoms with van der Waals surface area (Å²) in [5, 5.41) is 31.5. The summed E-state index contributed by atoms with van der Waals surface area (Å²) in [6, 6.07) is 6.21. The van der Waals surface area contributed by atoms with Gasteiger partial charge >= 0.3 is 0 Å². The van der Waals surface area contributed by atoms with Crippen LogP contribution >= 0.6 is 11.3 Å². The van der Waals surface area contributed by atoms with Gasteiger partial charge in [0.1, 0.15) is 16.6 Å². The lowest BCUT2D eigenvalue weighted by Crippen LogP contribution is -2.15. The number of hydrogen-bond donors (Lipinski definition) is 2. The highest BCUT2D eigenvalue weighted by atomic mass is 32.1. The molecule has 1 fully saturated rings. The molecule has 1 aromatic carbocycles. The molecule has 1 aliphatic carbocycles. The van der Waals surface area contributed by atoms with Gasteiger partial charge in [0.05, 0.1) is 11.3 Å². The Balaban J connectivity index is 1.34. The molecule has 0 atom stereocenters. The van der Waals surface area contributed by atoms with Gasteiger partial charge in [0, 0.05) is 37.0 Å². The number of aryl methyl sites for hydroxylation is 1. The third kappa shape index (κ3) is 3.85. The summed E-state index contributed by atoms with van der Waals surface area (Å²) in [5.74, 6) is 0.991. The maximum absolute atomic E-state index is 14.7. The Morgan fingerprint density at radius 3 is 2.73 bits per heavy atom. The number of phenolic OH excluding ortho intramolecular Hbond substituents is 1. The highest BCUT2D eigenvalue weighted by Crippen LogP contribution is 2.36. The van der Waals surface area contributed by atoms with Crippen molar-refractivity contribution in [2.75, 3.05) is 18.0 Å². The molecule has 9 heteroatoms. The first-order valence-corrected chi connectivity index (χ1v) is 10.8. The Kier molecular flexibility index (Phi) is 4.82. The fourth-order valence-corrected chi connectivity index (χ4v) is 4.14. The minimum atomic E-state index is -0.487. The fraction of sp³-hybridized carbons (Fsp3) is 0.333. The van der Waals surface area contributed by atoms with E-state index in [1.54, 1.807) is 13.0 Å². The van der Waals surface area contributed by atoms with Gasteiger partial charge < -0.3 is 15.3 Å². The number of nitrogens with zero attached hydrogens (tertiary/aromatic N) is 5. The predicted octanol–water partition coefficient (Wildman–Crippen LogP) is 3.87. The number of hydrogen-bond acceptors (Lipinski definition) is 8. The van der Waals surface area contributed by atoms with E-state index in [1.165, 1.54) is 42.0 Å². The molecule has 3 aromatic rings. The van der Waals surface area contributed by atoms with Gasteiger partial charge in [0.15, 0.2) is 10.8 Å². The van der Waals surface area contributed by atoms with Crippen LogP contribution in [0.2, 0.25) is 0 Å². The quantitative estimate of drug-likeness (QED) is 0.621. The van der Waals surface area contributed by atoms with E-state index in [2.05, 4.69) is 31.9 Å². The van der Waals surface area contributed by atoms with Crippen LogP contribution in [0, 0.1) is 18.7 Å². The van der Waals surface area contributed by atoms with Crippen molar-refractivity contribution in [2.24, 2.45) is 5.92 Å². The van der Waals surface area contributed by atoms with E-state index in [0.717, 1.165) is 36.3 Å². The molecule has 0 unspecified atom stereocenters. The highest BCUT2D eigenvalue weighted by Gasteiger charge is 2.23. The van der Waals surface area contributed by atoms with E-state index in [0.29, 0.717) is 16.3 Å². The largest absolute Gasteiger partial charge is 0.507 e. The highest BCUT2D eigenvalue weighted by molar-refractivity contribution is 7.14. The number of halogens is 1. The molecule has 1 aliphatic heterocycles. The van der Waals surface area contributed by atoms with Crippen LogP contribution in [0.15, 0.2) is 36.2 Å². The standard InChI is InChI=1S/C21H21FN6OS/c1-12-24-27-21(30-12)15-9-19(29)16(8-17(15)22)18-4-5-20(26-25-18)28-7-6-14(11-28)23-10-13-2-3-13/h4-5,8-9,11,13,23,29H,2-3,6-7,10H2,1H3. The van der Waals surface area contributed by atoms with Crippen molar-refractivity contribution in [1.29, 1.82) is 0 Å². The van der Waals surface area contributed by atoms with E-state index in [4.69, 9.17) is 0 Å². The maximum atomic E-state index is 14.7. The zero-order valence-corrected chi connectivity index (χ0v) is 17.3. The number of anilines is 1. The maximum Gasteiger partial charge on any atom is 0.155 e. The van der Waals surface area contributed by atoms with Crippen molar-refractivity contribution in [3.63, 3.8) is 0 Å². The molecular formula is C21H21FN6OS. The lowest BCUT2D eigenvalue weighted by atomic mass is 10.1. The van der Waals surface area contributed by atoms with Crippen LogP contribution in [0.1, 0.15) is 24.3 Å². The van der Waals surface area contributed by atoms with Gasteiger partial charge in [-0.3, -0.25) is 0 Å². The Morgan fingerprint density at radius 2 is 2.03 bits per heavy atom. The molecular weight excluding hydrogens is 403 g/mol. The normalized spacial score (nSPS) is 16.1. The van der Waals surface area contributed by atoms with Crippen molar-refractivity contribution >= 4 is 17.2 Å². The van der Waals surface area contributed by atoms with Crippen LogP contribution in [-0.4, -0.2) is 38.6 Å². The second kappa shape index (κ2) is 7.64. The molecule has 2 aliphatic rings. The molecule has 0 spiro atoms.